The summed E-state index contributed by atoms with van der Waals surface area (Å²) < 4.78 is 0.808. The molecule has 0 aliphatic heterocycles. The van der Waals surface area contributed by atoms with Gasteiger partial charge >= 0.3 is 5.97 Å². The summed E-state index contributed by atoms with van der Waals surface area (Å²) in [7, 11) is 4.34. The molecule has 0 amide bonds. The molecule has 0 saturated heterocycles. The van der Waals surface area contributed by atoms with E-state index in [9.17, 15) is 4.79 Å². The van der Waals surface area contributed by atoms with Gasteiger partial charge in [0.15, 0.2) is 0 Å². The number of carbonyl (C=O) groups is 1. The topological polar surface area (TPSA) is 63.3 Å². The number of aliphatic carboxylic acids is 1. The molecule has 0 aromatic heterocycles. The van der Waals surface area contributed by atoms with E-state index in [0.717, 1.165) is 23.9 Å². The molecule has 0 unspecified atom stereocenters. The Morgan fingerprint density at radius 1 is 1.26 bits per heavy atom. The molecule has 1 aromatic rings. The van der Waals surface area contributed by atoms with Crippen molar-refractivity contribution >= 4 is 11.7 Å². The van der Waals surface area contributed by atoms with Gasteiger partial charge in [-0.25, -0.2) is 0 Å². The van der Waals surface area contributed by atoms with Crippen LogP contribution in [0, 0.1) is 6.92 Å². The van der Waals surface area contributed by atoms with E-state index < -0.39 is 12.0 Å². The molecule has 3 N–H and O–H groups in total. The minimum Gasteiger partial charge on any atom is -0.480 e. The van der Waals surface area contributed by atoms with Crippen molar-refractivity contribution in [3.05, 3.63) is 29.8 Å². The molecule has 1 aromatic carbocycles. The van der Waals surface area contributed by atoms with Gasteiger partial charge in [-0.2, -0.15) is 0 Å². The first-order valence-electron chi connectivity index (χ1n) is 6.71. The number of carboxylic acid groups (broad SMARTS) is 1. The normalized spacial score (nSPS) is 13.3. The lowest BCUT2D eigenvalue weighted by atomic mass is 10.1. The lowest BCUT2D eigenvalue weighted by Crippen LogP contribution is -2.41. The number of rotatable bonds is 7. The second-order valence-corrected chi connectivity index (χ2v) is 5.68. The van der Waals surface area contributed by atoms with Crippen LogP contribution in [0.2, 0.25) is 0 Å². The van der Waals surface area contributed by atoms with Crippen LogP contribution in [0.15, 0.2) is 24.3 Å². The van der Waals surface area contributed by atoms with E-state index in [1.165, 1.54) is 11.3 Å². The summed E-state index contributed by atoms with van der Waals surface area (Å²) in [5, 5.41) is 8.72. The zero-order chi connectivity index (χ0) is 14.5. The maximum Gasteiger partial charge on any atom is 0.320 e. The SMILES string of the molecule is Cc1ccc([N+](C)(C)CCCC[C@H](N)C(=O)O)cc1. The number of carboxylic acids is 1. The predicted octanol–water partition coefficient (Wildman–Crippen LogP) is 2.14. The zero-order valence-corrected chi connectivity index (χ0v) is 12.1. The lowest BCUT2D eigenvalue weighted by Gasteiger charge is -2.29. The molecule has 4 nitrogen and oxygen atoms in total. The molecule has 0 fully saturated rings. The molecule has 19 heavy (non-hydrogen) atoms. The molecule has 1 rings (SSSR count). The van der Waals surface area contributed by atoms with Crippen molar-refractivity contribution in [2.45, 2.75) is 32.2 Å². The third-order valence-electron chi connectivity index (χ3n) is 3.53. The van der Waals surface area contributed by atoms with Crippen LogP contribution in [-0.2, 0) is 4.79 Å². The van der Waals surface area contributed by atoms with E-state index in [-0.39, 0.29) is 0 Å². The van der Waals surface area contributed by atoms with Crippen molar-refractivity contribution in [3.63, 3.8) is 0 Å². The van der Waals surface area contributed by atoms with Gasteiger partial charge in [-0.1, -0.05) is 17.7 Å². The number of quaternary nitrogens is 1. The maximum absolute atomic E-state index is 10.6. The predicted molar refractivity (Wildman–Crippen MR) is 79.2 cm³/mol. The van der Waals surface area contributed by atoms with Gasteiger partial charge in [-0.15, -0.1) is 0 Å². The Balaban J connectivity index is 2.43. The second-order valence-electron chi connectivity index (χ2n) is 5.68. The van der Waals surface area contributed by atoms with E-state index in [4.69, 9.17) is 10.8 Å². The van der Waals surface area contributed by atoms with Crippen LogP contribution in [0.1, 0.15) is 24.8 Å². The highest BCUT2D eigenvalue weighted by Gasteiger charge is 2.18. The Labute approximate surface area is 115 Å². The van der Waals surface area contributed by atoms with Crippen molar-refractivity contribution in [2.24, 2.45) is 5.73 Å². The lowest BCUT2D eigenvalue weighted by molar-refractivity contribution is -0.138. The standard InChI is InChI=1S/C15H24N2O2/c1-12-7-9-13(10-8-12)17(2,3)11-5-4-6-14(16)15(18)19/h7-10,14H,4-6,11,16H2,1-3H3/p+1/t14-/m0/s1. The van der Waals surface area contributed by atoms with Crippen LogP contribution >= 0.6 is 0 Å². The minimum atomic E-state index is -0.910. The van der Waals surface area contributed by atoms with E-state index in [1.54, 1.807) is 0 Å². The summed E-state index contributed by atoms with van der Waals surface area (Å²) in [4.78, 5) is 10.6. The third-order valence-corrected chi connectivity index (χ3v) is 3.53. The molecule has 0 radical (unpaired) electrons. The highest BCUT2D eigenvalue weighted by atomic mass is 16.4. The first-order chi connectivity index (χ1) is 8.83. The molecule has 0 heterocycles. The highest BCUT2D eigenvalue weighted by Crippen LogP contribution is 2.20. The van der Waals surface area contributed by atoms with Crippen LogP contribution < -0.4 is 10.2 Å². The first-order valence-corrected chi connectivity index (χ1v) is 6.71. The molecule has 0 bridgehead atoms. The molecular weight excluding hydrogens is 240 g/mol. The summed E-state index contributed by atoms with van der Waals surface area (Å²) >= 11 is 0. The zero-order valence-electron chi connectivity index (χ0n) is 12.1. The fourth-order valence-corrected chi connectivity index (χ4v) is 2.07. The number of hydrogen-bond donors (Lipinski definition) is 2. The van der Waals surface area contributed by atoms with E-state index >= 15 is 0 Å². The number of hydrogen-bond acceptors (Lipinski definition) is 2. The minimum absolute atomic E-state index is 0.545. The van der Waals surface area contributed by atoms with Crippen LogP contribution in [0.3, 0.4) is 0 Å². The smallest absolute Gasteiger partial charge is 0.320 e. The first kappa shape index (κ1) is 15.7. The van der Waals surface area contributed by atoms with Crippen molar-refractivity contribution in [1.29, 1.82) is 0 Å². The Hall–Kier alpha value is -1.39. The van der Waals surface area contributed by atoms with Crippen LogP contribution in [0.4, 0.5) is 5.69 Å². The highest BCUT2D eigenvalue weighted by molar-refractivity contribution is 5.72. The molecule has 4 heteroatoms. The number of aryl methyl sites for hydroxylation is 1. The molecule has 0 aliphatic carbocycles. The Morgan fingerprint density at radius 2 is 1.84 bits per heavy atom. The fraction of sp³-hybridized carbons (Fsp3) is 0.533. The summed E-state index contributed by atoms with van der Waals surface area (Å²) in [5.41, 5.74) is 8.02. The fourth-order valence-electron chi connectivity index (χ4n) is 2.07. The van der Waals surface area contributed by atoms with Crippen LogP contribution in [-0.4, -0.2) is 37.8 Å². The number of nitrogens with two attached hydrogens (primary N) is 1. The van der Waals surface area contributed by atoms with Gasteiger partial charge in [-0.3, -0.25) is 9.28 Å². The van der Waals surface area contributed by atoms with Gasteiger partial charge in [0.25, 0.3) is 0 Å². The molecule has 0 spiro atoms. The molecule has 0 aliphatic rings. The van der Waals surface area contributed by atoms with Gasteiger partial charge in [0.05, 0.1) is 20.6 Å². The van der Waals surface area contributed by atoms with Gasteiger partial charge in [0.1, 0.15) is 11.7 Å². The van der Waals surface area contributed by atoms with Gasteiger partial charge in [0, 0.05) is 0 Å². The summed E-state index contributed by atoms with van der Waals surface area (Å²) in [5.74, 6) is -0.910. The van der Waals surface area contributed by atoms with Gasteiger partial charge < -0.3 is 10.8 Å². The average molecular weight is 265 g/mol. The number of benzene rings is 1. The largest absolute Gasteiger partial charge is 0.480 e. The van der Waals surface area contributed by atoms with E-state index in [1.807, 2.05) is 0 Å². The van der Waals surface area contributed by atoms with Crippen molar-refractivity contribution in [1.82, 2.24) is 4.48 Å². The van der Waals surface area contributed by atoms with E-state index in [0.29, 0.717) is 6.42 Å². The van der Waals surface area contributed by atoms with Crippen molar-refractivity contribution < 1.29 is 9.90 Å². The number of unbranched alkanes of at least 4 members (excludes halogenated alkanes) is 1. The molecular formula is C15H25N2O2+. The van der Waals surface area contributed by atoms with E-state index in [2.05, 4.69) is 45.3 Å². The molecule has 106 valence electrons. The summed E-state index contributed by atoms with van der Waals surface area (Å²) in [6, 6.07) is 7.82. The van der Waals surface area contributed by atoms with Crippen LogP contribution in [0.5, 0.6) is 0 Å². The third kappa shape index (κ3) is 5.01. The van der Waals surface area contributed by atoms with Crippen molar-refractivity contribution in [3.8, 4) is 0 Å². The Bertz CT molecular complexity index is 413. The maximum atomic E-state index is 10.6. The van der Waals surface area contributed by atoms with Gasteiger partial charge in [0.2, 0.25) is 0 Å². The average Bonchev–Trinajstić information content (AvgIpc) is 2.34. The van der Waals surface area contributed by atoms with Crippen molar-refractivity contribution in [2.75, 3.05) is 20.6 Å². The monoisotopic (exact) mass is 265 g/mol. The summed E-state index contributed by atoms with van der Waals surface area (Å²) in [6.07, 6.45) is 2.37. The second kappa shape index (κ2) is 6.68. The number of nitrogens with zero attached hydrogens (tertiary/aromatic N) is 1. The van der Waals surface area contributed by atoms with Crippen LogP contribution in [0.25, 0.3) is 0 Å². The molecule has 0 saturated carbocycles. The quantitative estimate of drug-likeness (QED) is 0.586. The Morgan fingerprint density at radius 3 is 2.37 bits per heavy atom. The Kier molecular flexibility index (Phi) is 5.51. The van der Waals surface area contributed by atoms with Gasteiger partial charge in [-0.05, 0) is 38.3 Å². The summed E-state index contributed by atoms with van der Waals surface area (Å²) in [6.45, 7) is 3.06. The molecule has 1 atom stereocenters.